The Kier molecular flexibility index (Phi) is 19.3. The van der Waals surface area contributed by atoms with Crippen molar-refractivity contribution >= 4 is 37.2 Å². The maximum absolute atomic E-state index is 9.41. The SMILES string of the molecule is I[I-]I.[O-]CC(O)C[O-]. The van der Waals surface area contributed by atoms with E-state index in [1.54, 1.807) is 0 Å². The maximum Gasteiger partial charge on any atom is 0.0235 e. The van der Waals surface area contributed by atoms with E-state index in [4.69, 9.17) is 5.11 Å². The van der Waals surface area contributed by atoms with Crippen LogP contribution in [-0.2, 0) is 0 Å². The van der Waals surface area contributed by atoms with E-state index < -0.39 is 19.3 Å². The second kappa shape index (κ2) is 12.7. The molecular formula is C3H6I3O3-3. The van der Waals surface area contributed by atoms with Crippen LogP contribution in [0.4, 0.5) is 0 Å². The third kappa shape index (κ3) is 17.8. The van der Waals surface area contributed by atoms with Gasteiger partial charge in [-0.25, -0.2) is 0 Å². The Morgan fingerprint density at radius 3 is 1.56 bits per heavy atom. The first kappa shape index (κ1) is 13.6. The summed E-state index contributed by atoms with van der Waals surface area (Å²) in [5, 5.41) is 26.9. The Morgan fingerprint density at radius 2 is 1.56 bits per heavy atom. The van der Waals surface area contributed by atoms with Gasteiger partial charge >= 0.3 is 50.5 Å². The van der Waals surface area contributed by atoms with Gasteiger partial charge < -0.3 is 15.3 Å². The third-order valence-corrected chi connectivity index (χ3v) is 0.385. The van der Waals surface area contributed by atoms with Gasteiger partial charge in [0.2, 0.25) is 0 Å². The molecule has 0 radical (unpaired) electrons. The fourth-order valence-electron chi connectivity index (χ4n) is 0.0481. The minimum absolute atomic E-state index is 0.530. The molecule has 0 heterocycles. The molecule has 0 aromatic heterocycles. The van der Waals surface area contributed by atoms with Crippen LogP contribution in [0.1, 0.15) is 0 Å². The zero-order chi connectivity index (χ0) is 7.70. The molecular weight excluding hydrogens is 465 g/mol. The first-order chi connectivity index (χ1) is 4.22. The number of rotatable bonds is 2. The zero-order valence-electron chi connectivity index (χ0n) is 4.39. The third-order valence-electron chi connectivity index (χ3n) is 0.385. The molecule has 0 saturated carbocycles. The molecule has 3 nitrogen and oxygen atoms in total. The number of halogens is 3. The van der Waals surface area contributed by atoms with Crippen molar-refractivity contribution in [3.63, 3.8) is 0 Å². The predicted molar refractivity (Wildman–Crippen MR) is 43.8 cm³/mol. The van der Waals surface area contributed by atoms with Gasteiger partial charge in [0.05, 0.1) is 0 Å². The van der Waals surface area contributed by atoms with E-state index in [-0.39, 0.29) is 0 Å². The molecule has 0 aliphatic carbocycles. The van der Waals surface area contributed by atoms with Crippen LogP contribution in [0.5, 0.6) is 0 Å². The molecule has 0 aliphatic heterocycles. The Bertz CT molecular complexity index is 41.3. The Hall–Kier alpha value is 2.07. The van der Waals surface area contributed by atoms with Gasteiger partial charge in [-0.2, -0.15) is 0 Å². The van der Waals surface area contributed by atoms with E-state index in [0.717, 1.165) is 0 Å². The van der Waals surface area contributed by atoms with Crippen LogP contribution in [0.2, 0.25) is 0 Å². The maximum atomic E-state index is 9.41. The monoisotopic (exact) mass is 471 g/mol. The molecule has 0 bridgehead atoms. The van der Waals surface area contributed by atoms with Crippen LogP contribution in [-0.4, -0.2) is 24.4 Å². The van der Waals surface area contributed by atoms with Crippen molar-refractivity contribution in [2.45, 2.75) is 6.10 Å². The molecule has 0 unspecified atom stereocenters. The molecule has 0 aliphatic rings. The predicted octanol–water partition coefficient (Wildman–Crippen LogP) is -4.16. The van der Waals surface area contributed by atoms with E-state index >= 15 is 0 Å². The molecule has 9 heavy (non-hydrogen) atoms. The van der Waals surface area contributed by atoms with Gasteiger partial charge in [-0.1, -0.05) is 0 Å². The molecule has 1 N–H and O–H groups in total. The summed E-state index contributed by atoms with van der Waals surface area (Å²) in [6.07, 6.45) is -1.18. The zero-order valence-corrected chi connectivity index (χ0v) is 10.9. The second-order valence-electron chi connectivity index (χ2n) is 1.04. The Balaban J connectivity index is 0. The van der Waals surface area contributed by atoms with Crippen molar-refractivity contribution in [3.8, 4) is 0 Å². The minimum Gasteiger partial charge on any atom is -0.853 e. The quantitative estimate of drug-likeness (QED) is 0.417. The Morgan fingerprint density at radius 1 is 1.33 bits per heavy atom. The fraction of sp³-hybridized carbons (Fsp3) is 1.00. The van der Waals surface area contributed by atoms with Crippen molar-refractivity contribution in [1.82, 2.24) is 0 Å². The Labute approximate surface area is 83.8 Å². The number of hydrogen-bond acceptors (Lipinski definition) is 3. The van der Waals surface area contributed by atoms with E-state index in [1.807, 2.05) is 0 Å². The van der Waals surface area contributed by atoms with Crippen LogP contribution < -0.4 is 23.5 Å². The molecule has 0 atom stereocenters. The van der Waals surface area contributed by atoms with Gasteiger partial charge in [0.25, 0.3) is 0 Å². The van der Waals surface area contributed by atoms with Crippen LogP contribution in [0.15, 0.2) is 0 Å². The summed E-state index contributed by atoms with van der Waals surface area (Å²) in [4.78, 5) is 0. The first-order valence-electron chi connectivity index (χ1n) is 1.94. The van der Waals surface area contributed by atoms with Crippen LogP contribution >= 0.6 is 37.2 Å². The average molecular weight is 471 g/mol. The van der Waals surface area contributed by atoms with Crippen molar-refractivity contribution in [2.24, 2.45) is 0 Å². The molecule has 6 heteroatoms. The summed E-state index contributed by atoms with van der Waals surface area (Å²) in [6.45, 7) is -1.35. The normalized spacial score (nSPS) is 9.11. The van der Waals surface area contributed by atoms with E-state index in [1.165, 1.54) is 0 Å². The van der Waals surface area contributed by atoms with E-state index in [0.29, 0.717) is 13.3 Å². The van der Waals surface area contributed by atoms with Gasteiger partial charge in [-0.05, 0) is 0 Å². The second-order valence-corrected chi connectivity index (χ2v) is 17.3. The largest absolute Gasteiger partial charge is 0.853 e. The van der Waals surface area contributed by atoms with Crippen molar-refractivity contribution in [3.05, 3.63) is 0 Å². The van der Waals surface area contributed by atoms with Crippen LogP contribution in [0, 0.1) is 0 Å². The molecule has 0 fully saturated rings. The molecule has 60 valence electrons. The van der Waals surface area contributed by atoms with Gasteiger partial charge in [-0.15, -0.1) is 13.2 Å². The van der Waals surface area contributed by atoms with Gasteiger partial charge in [0, 0.05) is 6.10 Å². The molecule has 0 aromatic rings. The molecule has 0 spiro atoms. The van der Waals surface area contributed by atoms with Gasteiger partial charge in [-0.3, -0.25) is 0 Å². The summed E-state index contributed by atoms with van der Waals surface area (Å²) >= 11 is 5.30. The van der Waals surface area contributed by atoms with Gasteiger partial charge in [0.1, 0.15) is 0 Å². The molecule has 0 amide bonds. The average Bonchev–Trinajstić information content (AvgIpc) is 1.88. The van der Waals surface area contributed by atoms with Crippen molar-refractivity contribution in [1.29, 1.82) is 0 Å². The summed E-state index contributed by atoms with van der Waals surface area (Å²) in [5.41, 5.74) is 0. The number of aliphatic hydroxyl groups is 1. The summed E-state index contributed by atoms with van der Waals surface area (Å²) in [6, 6.07) is 0. The smallest absolute Gasteiger partial charge is 0.0235 e. The van der Waals surface area contributed by atoms with Crippen LogP contribution in [0.3, 0.4) is 0 Å². The standard InChI is InChI=1S/C3H6O3.I3/c4-1-3(6)2-5;1-3-2/h3,6H,1-2H2;/q-2;-1. The number of aliphatic hydroxyl groups excluding tert-OH is 1. The van der Waals surface area contributed by atoms with Crippen LogP contribution in [0.25, 0.3) is 0 Å². The van der Waals surface area contributed by atoms with Crippen molar-refractivity contribution < 1.29 is 28.6 Å². The fourth-order valence-corrected chi connectivity index (χ4v) is 0.0481. The summed E-state index contributed by atoms with van der Waals surface area (Å²) in [5.74, 6) is 0. The topological polar surface area (TPSA) is 66.3 Å². The number of hydrogen-bond donors (Lipinski definition) is 1. The molecule has 0 aromatic carbocycles. The minimum atomic E-state index is -1.18. The molecule has 0 saturated heterocycles. The summed E-state index contributed by atoms with van der Waals surface area (Å²) < 4.78 is 0. The van der Waals surface area contributed by atoms with Crippen molar-refractivity contribution in [2.75, 3.05) is 13.2 Å². The van der Waals surface area contributed by atoms with E-state index in [9.17, 15) is 10.2 Å². The summed E-state index contributed by atoms with van der Waals surface area (Å²) in [7, 11) is 0. The first-order valence-corrected chi connectivity index (χ1v) is 14.5. The van der Waals surface area contributed by atoms with E-state index in [2.05, 4.69) is 37.2 Å². The molecule has 0 rings (SSSR count). The van der Waals surface area contributed by atoms with Gasteiger partial charge in [0.15, 0.2) is 0 Å².